The number of amides is 1. The zero-order chi connectivity index (χ0) is 12.5. The Kier molecular flexibility index (Phi) is 2.63. The number of nitrogens with one attached hydrogen (secondary N) is 1. The maximum atomic E-state index is 11.2. The Balaban J connectivity index is 1.92. The Hall–Kier alpha value is -2.10. The molecule has 0 fully saturated rings. The number of fused-ring (bicyclic) bond motifs is 1. The summed E-state index contributed by atoms with van der Waals surface area (Å²) in [6.45, 7) is 0. The minimum atomic E-state index is -0.194. The van der Waals surface area contributed by atoms with Gasteiger partial charge in [-0.15, -0.1) is 0 Å². The molecule has 0 saturated carbocycles. The molecule has 3 N–H and O–H groups in total. The number of aromatic amines is 1. The number of primary amides is 1. The summed E-state index contributed by atoms with van der Waals surface area (Å²) in [5, 5.41) is 0. The number of nitrogens with two attached hydrogens (primary N) is 1. The highest BCUT2D eigenvalue weighted by atomic mass is 16.1. The van der Waals surface area contributed by atoms with Crippen LogP contribution in [0.5, 0.6) is 0 Å². The topological polar surface area (TPSA) is 71.8 Å². The summed E-state index contributed by atoms with van der Waals surface area (Å²) >= 11 is 0. The number of aromatic nitrogens is 2. The molecule has 0 bridgehead atoms. The minimum Gasteiger partial charge on any atom is -0.369 e. The molecule has 4 nitrogen and oxygen atoms in total. The molecule has 4 heteroatoms. The number of carbonyl (C=O) groups excluding carboxylic acids is 1. The van der Waals surface area contributed by atoms with E-state index in [1.807, 2.05) is 12.1 Å². The number of carbonyl (C=O) groups is 1. The highest BCUT2D eigenvalue weighted by molar-refractivity contribution is 5.77. The molecular weight excluding hydrogens is 226 g/mol. The molecule has 1 atom stereocenters. The SMILES string of the molecule is NC(=O)C1CCc2cc(-c3ccncc3)[nH]c2C1. The highest BCUT2D eigenvalue weighted by Crippen LogP contribution is 2.29. The Bertz CT molecular complexity index is 574. The molecule has 3 rings (SSSR count). The molecule has 0 spiro atoms. The van der Waals surface area contributed by atoms with Gasteiger partial charge < -0.3 is 10.7 Å². The van der Waals surface area contributed by atoms with Crippen LogP contribution in [0.2, 0.25) is 0 Å². The second-order valence-electron chi connectivity index (χ2n) is 4.76. The van der Waals surface area contributed by atoms with Crippen molar-refractivity contribution in [3.05, 3.63) is 41.9 Å². The molecule has 2 heterocycles. The molecular formula is C14H15N3O. The van der Waals surface area contributed by atoms with E-state index in [1.165, 1.54) is 5.56 Å². The van der Waals surface area contributed by atoms with Crippen LogP contribution >= 0.6 is 0 Å². The monoisotopic (exact) mass is 241 g/mol. The van der Waals surface area contributed by atoms with Crippen LogP contribution in [-0.2, 0) is 17.6 Å². The first kappa shape index (κ1) is 11.0. The fourth-order valence-corrected chi connectivity index (χ4v) is 2.55. The first-order valence-electron chi connectivity index (χ1n) is 6.14. The highest BCUT2D eigenvalue weighted by Gasteiger charge is 2.24. The van der Waals surface area contributed by atoms with Crippen molar-refractivity contribution in [2.24, 2.45) is 11.7 Å². The van der Waals surface area contributed by atoms with Gasteiger partial charge in [0.2, 0.25) is 5.91 Å². The van der Waals surface area contributed by atoms with E-state index in [0.717, 1.165) is 36.2 Å². The van der Waals surface area contributed by atoms with Crippen LogP contribution in [0.3, 0.4) is 0 Å². The third kappa shape index (κ3) is 1.90. The van der Waals surface area contributed by atoms with Crippen molar-refractivity contribution in [3.63, 3.8) is 0 Å². The second kappa shape index (κ2) is 4.29. The van der Waals surface area contributed by atoms with Crippen LogP contribution in [-0.4, -0.2) is 15.9 Å². The van der Waals surface area contributed by atoms with Gasteiger partial charge in [-0.2, -0.15) is 0 Å². The summed E-state index contributed by atoms with van der Waals surface area (Å²) in [5.74, 6) is -0.220. The average Bonchev–Trinajstić information content (AvgIpc) is 2.82. The van der Waals surface area contributed by atoms with E-state index in [2.05, 4.69) is 16.0 Å². The van der Waals surface area contributed by atoms with E-state index in [4.69, 9.17) is 5.73 Å². The molecule has 2 aromatic rings. The van der Waals surface area contributed by atoms with Crippen LogP contribution in [0, 0.1) is 5.92 Å². The summed E-state index contributed by atoms with van der Waals surface area (Å²) in [7, 11) is 0. The number of hydrogen-bond acceptors (Lipinski definition) is 2. The number of pyridine rings is 1. The molecule has 92 valence electrons. The second-order valence-corrected chi connectivity index (χ2v) is 4.76. The van der Waals surface area contributed by atoms with Crippen molar-refractivity contribution in [1.29, 1.82) is 0 Å². The van der Waals surface area contributed by atoms with Gasteiger partial charge in [-0.3, -0.25) is 9.78 Å². The molecule has 18 heavy (non-hydrogen) atoms. The normalized spacial score (nSPS) is 18.3. The van der Waals surface area contributed by atoms with Crippen molar-refractivity contribution >= 4 is 5.91 Å². The van der Waals surface area contributed by atoms with Crippen LogP contribution < -0.4 is 5.73 Å². The van der Waals surface area contributed by atoms with Crippen molar-refractivity contribution < 1.29 is 4.79 Å². The molecule has 0 saturated heterocycles. The zero-order valence-electron chi connectivity index (χ0n) is 10.0. The maximum Gasteiger partial charge on any atom is 0.220 e. The van der Waals surface area contributed by atoms with E-state index in [-0.39, 0.29) is 11.8 Å². The summed E-state index contributed by atoms with van der Waals surface area (Å²) in [4.78, 5) is 18.7. The van der Waals surface area contributed by atoms with Gasteiger partial charge in [-0.1, -0.05) is 0 Å². The van der Waals surface area contributed by atoms with Gasteiger partial charge in [-0.25, -0.2) is 0 Å². The quantitative estimate of drug-likeness (QED) is 0.839. The van der Waals surface area contributed by atoms with Gasteiger partial charge in [-0.05, 0) is 43.0 Å². The average molecular weight is 241 g/mol. The summed E-state index contributed by atoms with van der Waals surface area (Å²) < 4.78 is 0. The van der Waals surface area contributed by atoms with Gasteiger partial charge in [0.15, 0.2) is 0 Å². The van der Waals surface area contributed by atoms with Crippen molar-refractivity contribution in [2.75, 3.05) is 0 Å². The Labute approximate surface area is 105 Å². The van der Waals surface area contributed by atoms with E-state index < -0.39 is 0 Å². The number of H-pyrrole nitrogens is 1. The van der Waals surface area contributed by atoms with E-state index in [0.29, 0.717) is 0 Å². The number of rotatable bonds is 2. The fraction of sp³-hybridized carbons (Fsp3) is 0.286. The summed E-state index contributed by atoms with van der Waals surface area (Å²) in [6.07, 6.45) is 6.07. The molecule has 1 aliphatic carbocycles. The Morgan fingerprint density at radius 3 is 2.89 bits per heavy atom. The number of nitrogens with zero attached hydrogens (tertiary/aromatic N) is 1. The molecule has 0 aliphatic heterocycles. The molecule has 0 radical (unpaired) electrons. The predicted octanol–water partition coefficient (Wildman–Crippen LogP) is 1.67. The molecule has 1 unspecified atom stereocenters. The maximum absolute atomic E-state index is 11.2. The third-order valence-corrected chi connectivity index (χ3v) is 3.60. The van der Waals surface area contributed by atoms with Crippen LogP contribution in [0.4, 0.5) is 0 Å². The summed E-state index contributed by atoms with van der Waals surface area (Å²) in [6, 6.07) is 6.12. The lowest BCUT2D eigenvalue weighted by molar-refractivity contribution is -0.122. The van der Waals surface area contributed by atoms with Crippen LogP contribution in [0.25, 0.3) is 11.3 Å². The lowest BCUT2D eigenvalue weighted by Crippen LogP contribution is -2.28. The number of aryl methyl sites for hydroxylation is 1. The first-order chi connectivity index (χ1) is 8.74. The van der Waals surface area contributed by atoms with Gasteiger partial charge in [0.25, 0.3) is 0 Å². The minimum absolute atomic E-state index is 0.0264. The van der Waals surface area contributed by atoms with E-state index in [1.54, 1.807) is 12.4 Å². The van der Waals surface area contributed by atoms with Crippen LogP contribution in [0.15, 0.2) is 30.6 Å². The lowest BCUT2D eigenvalue weighted by atomic mass is 9.87. The standard InChI is InChI=1S/C14H15N3O/c15-14(18)11-2-1-10-7-12(17-13(10)8-11)9-3-5-16-6-4-9/h3-7,11,17H,1-2,8H2,(H2,15,18). The molecule has 1 amide bonds. The molecule has 2 aromatic heterocycles. The van der Waals surface area contributed by atoms with Gasteiger partial charge in [0.05, 0.1) is 0 Å². The zero-order valence-corrected chi connectivity index (χ0v) is 10.0. The van der Waals surface area contributed by atoms with Crippen molar-refractivity contribution in [2.45, 2.75) is 19.3 Å². The Morgan fingerprint density at radius 2 is 2.17 bits per heavy atom. The first-order valence-corrected chi connectivity index (χ1v) is 6.14. The summed E-state index contributed by atoms with van der Waals surface area (Å²) in [5.41, 5.74) is 10.0. The Morgan fingerprint density at radius 1 is 1.39 bits per heavy atom. The molecule has 1 aliphatic rings. The third-order valence-electron chi connectivity index (χ3n) is 3.60. The predicted molar refractivity (Wildman–Crippen MR) is 68.7 cm³/mol. The molecule has 0 aromatic carbocycles. The number of hydrogen-bond donors (Lipinski definition) is 2. The van der Waals surface area contributed by atoms with Gasteiger partial charge in [0, 0.05) is 35.3 Å². The fourth-order valence-electron chi connectivity index (χ4n) is 2.55. The van der Waals surface area contributed by atoms with Gasteiger partial charge in [0.1, 0.15) is 0 Å². The van der Waals surface area contributed by atoms with E-state index in [9.17, 15) is 4.79 Å². The van der Waals surface area contributed by atoms with Gasteiger partial charge >= 0.3 is 0 Å². The smallest absolute Gasteiger partial charge is 0.220 e. The lowest BCUT2D eigenvalue weighted by Gasteiger charge is -2.18. The van der Waals surface area contributed by atoms with Crippen molar-refractivity contribution in [3.8, 4) is 11.3 Å². The largest absolute Gasteiger partial charge is 0.369 e. The van der Waals surface area contributed by atoms with E-state index >= 15 is 0 Å². The van der Waals surface area contributed by atoms with Crippen molar-refractivity contribution in [1.82, 2.24) is 9.97 Å². The van der Waals surface area contributed by atoms with Crippen LogP contribution in [0.1, 0.15) is 17.7 Å².